The van der Waals surface area contributed by atoms with Crippen LogP contribution in [-0.2, 0) is 27.2 Å². The highest BCUT2D eigenvalue weighted by atomic mass is 16.7. The summed E-state index contributed by atoms with van der Waals surface area (Å²) in [6.07, 6.45) is -4.73. The lowest BCUT2D eigenvalue weighted by Gasteiger charge is -2.45. The number of ketones is 3. The van der Waals surface area contributed by atoms with E-state index in [4.69, 9.17) is 14.2 Å². The van der Waals surface area contributed by atoms with E-state index in [-0.39, 0.29) is 54.0 Å². The molecule has 0 radical (unpaired) electrons. The van der Waals surface area contributed by atoms with E-state index in [2.05, 4.69) is 0 Å². The number of aromatic hydroxyl groups is 2. The molecule has 3 aliphatic rings. The van der Waals surface area contributed by atoms with Crippen LogP contribution in [0.25, 0.3) is 0 Å². The maximum absolute atomic E-state index is 13.9. The van der Waals surface area contributed by atoms with Crippen molar-refractivity contribution in [2.45, 2.75) is 75.9 Å². The highest BCUT2D eigenvalue weighted by Gasteiger charge is 2.50. The molecule has 0 aromatic heterocycles. The Balaban J connectivity index is 1.41. The van der Waals surface area contributed by atoms with Gasteiger partial charge in [0.2, 0.25) is 5.78 Å². The summed E-state index contributed by atoms with van der Waals surface area (Å²) < 4.78 is 17.8. The van der Waals surface area contributed by atoms with Crippen LogP contribution in [0.4, 0.5) is 0 Å². The fourth-order valence-electron chi connectivity index (χ4n) is 7.27. The Labute approximate surface area is 277 Å². The van der Waals surface area contributed by atoms with Crippen LogP contribution in [0.5, 0.6) is 17.2 Å². The van der Waals surface area contributed by atoms with Crippen LogP contribution < -0.4 is 4.74 Å². The van der Waals surface area contributed by atoms with Crippen molar-refractivity contribution in [2.75, 3.05) is 20.3 Å². The number of benzene rings is 3. The average molecular weight is 662 g/mol. The summed E-state index contributed by atoms with van der Waals surface area (Å²) in [6, 6.07) is 13.5. The van der Waals surface area contributed by atoms with Gasteiger partial charge < -0.3 is 39.7 Å². The summed E-state index contributed by atoms with van der Waals surface area (Å²) in [5.41, 5.74) is -2.19. The molecule has 1 aliphatic heterocycles. The Bertz CT molecular complexity index is 1760. The number of carbonyl (C=O) groups is 3. The lowest BCUT2D eigenvalue weighted by atomic mass is 9.72. The standard InChI is InChI=1S/C36H39NO11/c1-18-31(40)23(37(12-13-38)17-20-8-5-4-6-9-20)14-26(47-18)48-25-16-36(45,19(2)39)15-22-28(25)35(44)30-29(33(22)42)32(41)21-10-7-11-24(46-3)27(21)34(30)43/h4-11,18,23,25-26,31,38,40,42,44-45H,12-17H2,1-3H3/t18?,23?,25-,26?,31?,36-/m0/s1. The number of carbonyl (C=O) groups excluding carboxylic acids is 3. The van der Waals surface area contributed by atoms with E-state index in [1.54, 1.807) is 6.92 Å². The second-order valence-electron chi connectivity index (χ2n) is 12.7. The average Bonchev–Trinajstić information content (AvgIpc) is 3.06. The SMILES string of the molecule is COc1cccc2c1C(=O)c1c(O)c3c(c(O)c1C2=O)C[C@@](O)(C(C)=O)C[C@@H]3OC1CC(N(CCO)Cc2ccccc2)C(O)C(C)O1. The molecule has 5 N–H and O–H groups in total. The Morgan fingerprint density at radius 1 is 1.02 bits per heavy atom. The van der Waals surface area contributed by atoms with Crippen molar-refractivity contribution in [3.63, 3.8) is 0 Å². The number of ether oxygens (including phenoxy) is 3. The molecule has 3 aromatic carbocycles. The molecule has 1 saturated heterocycles. The third-order valence-corrected chi connectivity index (χ3v) is 9.81. The molecule has 12 nitrogen and oxygen atoms in total. The molecular formula is C36H39NO11. The quantitative estimate of drug-likeness (QED) is 0.166. The van der Waals surface area contributed by atoms with E-state index in [0.717, 1.165) is 5.56 Å². The number of aliphatic hydroxyl groups is 3. The van der Waals surface area contributed by atoms with Gasteiger partial charge >= 0.3 is 0 Å². The third kappa shape index (κ3) is 5.68. The molecule has 1 fully saturated rings. The van der Waals surface area contributed by atoms with E-state index >= 15 is 0 Å². The van der Waals surface area contributed by atoms with Crippen LogP contribution >= 0.6 is 0 Å². The zero-order valence-corrected chi connectivity index (χ0v) is 26.9. The van der Waals surface area contributed by atoms with Gasteiger partial charge in [0.25, 0.3) is 0 Å². The van der Waals surface area contributed by atoms with Crippen molar-refractivity contribution in [3.8, 4) is 17.2 Å². The first kappa shape index (κ1) is 33.7. The number of aliphatic hydroxyl groups excluding tert-OH is 2. The fourth-order valence-corrected chi connectivity index (χ4v) is 7.27. The predicted molar refractivity (Wildman–Crippen MR) is 170 cm³/mol. The minimum Gasteiger partial charge on any atom is -0.507 e. The number of nitrogens with zero attached hydrogens (tertiary/aromatic N) is 1. The largest absolute Gasteiger partial charge is 0.507 e. The normalized spacial score (nSPS) is 26.5. The highest BCUT2D eigenvalue weighted by Crippen LogP contribution is 2.52. The zero-order valence-electron chi connectivity index (χ0n) is 26.9. The second kappa shape index (κ2) is 13.0. The molecule has 1 heterocycles. The summed E-state index contributed by atoms with van der Waals surface area (Å²) >= 11 is 0. The molecule has 0 bridgehead atoms. The minimum absolute atomic E-state index is 0.0240. The van der Waals surface area contributed by atoms with Crippen molar-refractivity contribution in [3.05, 3.63) is 87.5 Å². The van der Waals surface area contributed by atoms with Crippen molar-refractivity contribution in [1.29, 1.82) is 0 Å². The maximum atomic E-state index is 13.9. The van der Waals surface area contributed by atoms with E-state index in [1.165, 1.54) is 32.2 Å². The molecule has 6 atom stereocenters. The van der Waals surface area contributed by atoms with Gasteiger partial charge in [0, 0.05) is 55.1 Å². The number of Topliss-reactive ketones (excluding diaryl/α,β-unsaturated/α-hetero) is 1. The van der Waals surface area contributed by atoms with Gasteiger partial charge in [0.1, 0.15) is 22.8 Å². The van der Waals surface area contributed by atoms with Crippen LogP contribution in [0.1, 0.15) is 81.3 Å². The molecule has 0 spiro atoms. The Kier molecular flexibility index (Phi) is 9.16. The highest BCUT2D eigenvalue weighted by molar-refractivity contribution is 6.31. The lowest BCUT2D eigenvalue weighted by Crippen LogP contribution is -2.56. The summed E-state index contributed by atoms with van der Waals surface area (Å²) in [7, 11) is 1.34. The molecule has 48 heavy (non-hydrogen) atoms. The first-order valence-corrected chi connectivity index (χ1v) is 15.9. The van der Waals surface area contributed by atoms with Gasteiger partial charge in [-0.15, -0.1) is 0 Å². The van der Waals surface area contributed by atoms with E-state index in [0.29, 0.717) is 6.54 Å². The number of methoxy groups -OCH3 is 1. The zero-order chi connectivity index (χ0) is 34.5. The summed E-state index contributed by atoms with van der Waals surface area (Å²) in [5, 5.41) is 55.9. The molecule has 0 amide bonds. The number of rotatable bonds is 9. The summed E-state index contributed by atoms with van der Waals surface area (Å²) in [4.78, 5) is 42.4. The number of phenols is 2. The smallest absolute Gasteiger partial charge is 0.202 e. The maximum Gasteiger partial charge on any atom is 0.202 e. The monoisotopic (exact) mass is 661 g/mol. The van der Waals surface area contributed by atoms with Gasteiger partial charge in [0.15, 0.2) is 17.9 Å². The van der Waals surface area contributed by atoms with Crippen LogP contribution in [0.3, 0.4) is 0 Å². The van der Waals surface area contributed by atoms with Crippen molar-refractivity contribution in [2.24, 2.45) is 0 Å². The molecule has 254 valence electrons. The molecule has 6 rings (SSSR count). The van der Waals surface area contributed by atoms with Gasteiger partial charge in [-0.3, -0.25) is 19.3 Å². The molecule has 4 unspecified atom stereocenters. The predicted octanol–water partition coefficient (Wildman–Crippen LogP) is 2.56. The summed E-state index contributed by atoms with van der Waals surface area (Å²) in [5.74, 6) is -3.24. The van der Waals surface area contributed by atoms with E-state index < -0.39 is 82.6 Å². The number of fused-ring (bicyclic) bond motifs is 3. The summed E-state index contributed by atoms with van der Waals surface area (Å²) in [6.45, 7) is 3.35. The third-order valence-electron chi connectivity index (χ3n) is 9.81. The first-order valence-electron chi connectivity index (χ1n) is 15.9. The van der Waals surface area contributed by atoms with Gasteiger partial charge in [-0.05, 0) is 25.5 Å². The molecular weight excluding hydrogens is 622 g/mol. The fraction of sp³-hybridized carbons (Fsp3) is 0.417. The Morgan fingerprint density at radius 2 is 1.73 bits per heavy atom. The first-order chi connectivity index (χ1) is 22.9. The number of hydrogen-bond donors (Lipinski definition) is 5. The molecule has 0 saturated carbocycles. The Morgan fingerprint density at radius 3 is 2.40 bits per heavy atom. The van der Waals surface area contributed by atoms with Gasteiger partial charge in [-0.2, -0.15) is 0 Å². The van der Waals surface area contributed by atoms with Crippen LogP contribution in [-0.4, -0.2) is 98.2 Å². The number of hydrogen-bond acceptors (Lipinski definition) is 12. The van der Waals surface area contributed by atoms with Gasteiger partial charge in [-0.25, -0.2) is 0 Å². The molecule has 12 heteroatoms. The van der Waals surface area contributed by atoms with Gasteiger partial charge in [0.05, 0.1) is 48.7 Å². The van der Waals surface area contributed by atoms with E-state index in [1.807, 2.05) is 35.2 Å². The topological polar surface area (TPSA) is 183 Å². The van der Waals surface area contributed by atoms with Gasteiger partial charge in [-0.1, -0.05) is 42.5 Å². The lowest BCUT2D eigenvalue weighted by molar-refractivity contribution is -0.259. The van der Waals surface area contributed by atoms with Crippen molar-refractivity contribution < 1.29 is 54.1 Å². The van der Waals surface area contributed by atoms with Crippen LogP contribution in [0.2, 0.25) is 0 Å². The minimum atomic E-state index is -2.05. The second-order valence-corrected chi connectivity index (χ2v) is 12.7. The molecule has 3 aromatic rings. The van der Waals surface area contributed by atoms with E-state index in [9.17, 15) is 39.9 Å². The van der Waals surface area contributed by atoms with Crippen LogP contribution in [0.15, 0.2) is 48.5 Å². The van der Waals surface area contributed by atoms with Crippen LogP contribution in [0, 0.1) is 0 Å². The Hall–Kier alpha value is -4.17. The number of phenolic OH excluding ortho intramolecular Hbond substituents is 2. The van der Waals surface area contributed by atoms with Crippen molar-refractivity contribution >= 4 is 17.3 Å². The molecule has 2 aliphatic carbocycles. The van der Waals surface area contributed by atoms with Crippen molar-refractivity contribution in [1.82, 2.24) is 4.90 Å².